The molecule has 0 aliphatic carbocycles. The topological polar surface area (TPSA) is 55.8 Å². The van der Waals surface area contributed by atoms with E-state index in [-0.39, 0.29) is 6.61 Å². The zero-order valence-corrected chi connectivity index (χ0v) is 10.7. The lowest BCUT2D eigenvalue weighted by atomic mass is 10.2. The highest BCUT2D eigenvalue weighted by molar-refractivity contribution is 5.76. The average molecular weight is 252 g/mol. The van der Waals surface area contributed by atoms with Crippen LogP contribution in [0.2, 0.25) is 0 Å². The maximum absolute atomic E-state index is 10.6. The number of aliphatic hydroxyl groups is 1. The van der Waals surface area contributed by atoms with E-state index in [9.17, 15) is 4.79 Å². The van der Waals surface area contributed by atoms with E-state index in [1.165, 1.54) is 0 Å². The van der Waals surface area contributed by atoms with Gasteiger partial charge in [-0.25, -0.2) is 0 Å². The predicted octanol–water partition coefficient (Wildman–Crippen LogP) is 2.44. The predicted molar refractivity (Wildman–Crippen MR) is 69.4 cm³/mol. The first-order chi connectivity index (χ1) is 8.81. The molecule has 0 amide bonds. The Morgan fingerprint density at radius 2 is 1.94 bits per heavy atom. The summed E-state index contributed by atoms with van der Waals surface area (Å²) in [4.78, 5) is 10.6. The van der Waals surface area contributed by atoms with Gasteiger partial charge in [-0.15, -0.1) is 0 Å². The second kappa shape index (κ2) is 8.53. The first-order valence-electron chi connectivity index (χ1n) is 6.18. The van der Waals surface area contributed by atoms with Crippen molar-refractivity contribution < 1.29 is 19.4 Å². The van der Waals surface area contributed by atoms with Crippen molar-refractivity contribution in [2.24, 2.45) is 0 Å². The van der Waals surface area contributed by atoms with Gasteiger partial charge in [-0.3, -0.25) is 4.79 Å². The van der Waals surface area contributed by atoms with Crippen LogP contribution >= 0.6 is 0 Å². The lowest BCUT2D eigenvalue weighted by molar-refractivity contribution is 0.112. The van der Waals surface area contributed by atoms with E-state index >= 15 is 0 Å². The SMILES string of the molecule is COc1cc(C=O)ccc1OCCCCCCO. The number of carbonyl (C=O) groups is 1. The summed E-state index contributed by atoms with van der Waals surface area (Å²) in [7, 11) is 1.55. The number of aliphatic hydroxyl groups excluding tert-OH is 1. The number of hydrogen-bond donors (Lipinski definition) is 1. The van der Waals surface area contributed by atoms with Gasteiger partial charge in [0.05, 0.1) is 13.7 Å². The molecule has 0 radical (unpaired) electrons. The van der Waals surface area contributed by atoms with Crippen LogP contribution in [0.5, 0.6) is 11.5 Å². The molecule has 0 atom stereocenters. The summed E-state index contributed by atoms with van der Waals surface area (Å²) in [6.45, 7) is 0.865. The Bertz CT molecular complexity index is 363. The minimum atomic E-state index is 0.252. The number of ether oxygens (including phenoxy) is 2. The molecular formula is C14H20O4. The van der Waals surface area contributed by atoms with Crippen molar-refractivity contribution in [1.82, 2.24) is 0 Å². The second-order valence-corrected chi connectivity index (χ2v) is 4.01. The standard InChI is InChI=1S/C14H20O4/c1-17-14-10-12(11-16)6-7-13(14)18-9-5-3-2-4-8-15/h6-7,10-11,15H,2-5,8-9H2,1H3. The van der Waals surface area contributed by atoms with Crippen molar-refractivity contribution >= 4 is 6.29 Å². The summed E-state index contributed by atoms with van der Waals surface area (Å²) in [5.74, 6) is 1.24. The summed E-state index contributed by atoms with van der Waals surface area (Å²) >= 11 is 0. The van der Waals surface area contributed by atoms with Crippen molar-refractivity contribution in [3.8, 4) is 11.5 Å². The van der Waals surface area contributed by atoms with E-state index in [1.807, 2.05) is 0 Å². The van der Waals surface area contributed by atoms with Gasteiger partial charge in [-0.2, -0.15) is 0 Å². The summed E-state index contributed by atoms with van der Waals surface area (Å²) in [6.07, 6.45) is 4.62. The maximum Gasteiger partial charge on any atom is 0.161 e. The first-order valence-corrected chi connectivity index (χ1v) is 6.18. The van der Waals surface area contributed by atoms with E-state index in [1.54, 1.807) is 25.3 Å². The highest BCUT2D eigenvalue weighted by Crippen LogP contribution is 2.27. The monoisotopic (exact) mass is 252 g/mol. The van der Waals surface area contributed by atoms with Crippen LogP contribution in [0.1, 0.15) is 36.0 Å². The highest BCUT2D eigenvalue weighted by Gasteiger charge is 2.05. The first kappa shape index (κ1) is 14.5. The number of unbranched alkanes of at least 4 members (excludes halogenated alkanes) is 3. The molecule has 1 aromatic rings. The molecule has 0 unspecified atom stereocenters. The molecule has 4 heteroatoms. The molecular weight excluding hydrogens is 232 g/mol. The highest BCUT2D eigenvalue weighted by atomic mass is 16.5. The molecule has 18 heavy (non-hydrogen) atoms. The lowest BCUT2D eigenvalue weighted by Gasteiger charge is -2.10. The Hall–Kier alpha value is -1.55. The fourth-order valence-corrected chi connectivity index (χ4v) is 1.63. The van der Waals surface area contributed by atoms with Crippen LogP contribution in [0.3, 0.4) is 0 Å². The van der Waals surface area contributed by atoms with Crippen molar-refractivity contribution in [1.29, 1.82) is 0 Å². The molecule has 0 aromatic heterocycles. The quantitative estimate of drug-likeness (QED) is 0.541. The normalized spacial score (nSPS) is 10.1. The number of hydrogen-bond acceptors (Lipinski definition) is 4. The van der Waals surface area contributed by atoms with Gasteiger partial charge in [0, 0.05) is 12.2 Å². The van der Waals surface area contributed by atoms with E-state index in [4.69, 9.17) is 14.6 Å². The van der Waals surface area contributed by atoms with Crippen molar-refractivity contribution in [3.05, 3.63) is 23.8 Å². The van der Waals surface area contributed by atoms with E-state index in [0.29, 0.717) is 23.7 Å². The van der Waals surface area contributed by atoms with E-state index in [0.717, 1.165) is 32.0 Å². The Morgan fingerprint density at radius 3 is 2.61 bits per heavy atom. The van der Waals surface area contributed by atoms with Crippen LogP contribution in [-0.2, 0) is 0 Å². The van der Waals surface area contributed by atoms with Crippen molar-refractivity contribution in [3.63, 3.8) is 0 Å². The Kier molecular flexibility index (Phi) is 6.87. The van der Waals surface area contributed by atoms with Gasteiger partial charge in [-0.05, 0) is 37.5 Å². The van der Waals surface area contributed by atoms with Gasteiger partial charge in [0.15, 0.2) is 11.5 Å². The van der Waals surface area contributed by atoms with Crippen molar-refractivity contribution in [2.75, 3.05) is 20.3 Å². The zero-order valence-electron chi connectivity index (χ0n) is 10.7. The van der Waals surface area contributed by atoms with E-state index < -0.39 is 0 Å². The molecule has 4 nitrogen and oxygen atoms in total. The molecule has 0 heterocycles. The summed E-state index contributed by atoms with van der Waals surface area (Å²) in [5, 5.41) is 8.64. The molecule has 0 aliphatic rings. The largest absolute Gasteiger partial charge is 0.493 e. The molecule has 0 saturated carbocycles. The van der Waals surface area contributed by atoms with Crippen molar-refractivity contribution in [2.45, 2.75) is 25.7 Å². The number of methoxy groups -OCH3 is 1. The van der Waals surface area contributed by atoms with Crippen LogP contribution in [0.15, 0.2) is 18.2 Å². The molecule has 0 saturated heterocycles. The summed E-state index contributed by atoms with van der Waals surface area (Å²) in [6, 6.07) is 5.11. The number of aldehydes is 1. The summed E-state index contributed by atoms with van der Waals surface area (Å²) < 4.78 is 10.8. The second-order valence-electron chi connectivity index (χ2n) is 4.01. The molecule has 0 fully saturated rings. The fraction of sp³-hybridized carbons (Fsp3) is 0.500. The smallest absolute Gasteiger partial charge is 0.161 e. The Balaban J connectivity index is 2.39. The molecule has 0 spiro atoms. The number of carbonyl (C=O) groups excluding carboxylic acids is 1. The summed E-state index contributed by atoms with van der Waals surface area (Å²) in [5.41, 5.74) is 0.571. The van der Waals surface area contributed by atoms with E-state index in [2.05, 4.69) is 0 Å². The maximum atomic E-state index is 10.6. The molecule has 0 aliphatic heterocycles. The van der Waals surface area contributed by atoms with Gasteiger partial charge < -0.3 is 14.6 Å². The van der Waals surface area contributed by atoms with Crippen LogP contribution in [0.25, 0.3) is 0 Å². The van der Waals surface area contributed by atoms with Crippen LogP contribution in [0, 0.1) is 0 Å². The van der Waals surface area contributed by atoms with Crippen LogP contribution in [0.4, 0.5) is 0 Å². The van der Waals surface area contributed by atoms with Crippen LogP contribution in [-0.4, -0.2) is 31.7 Å². The molecule has 1 aromatic carbocycles. The van der Waals surface area contributed by atoms with Gasteiger partial charge >= 0.3 is 0 Å². The number of benzene rings is 1. The average Bonchev–Trinajstić information content (AvgIpc) is 2.42. The van der Waals surface area contributed by atoms with Gasteiger partial charge in [-0.1, -0.05) is 6.42 Å². The fourth-order valence-electron chi connectivity index (χ4n) is 1.63. The number of rotatable bonds is 9. The third-order valence-electron chi connectivity index (χ3n) is 2.63. The molecule has 1 N–H and O–H groups in total. The lowest BCUT2D eigenvalue weighted by Crippen LogP contribution is -2.00. The zero-order chi connectivity index (χ0) is 13.2. The minimum Gasteiger partial charge on any atom is -0.493 e. The van der Waals surface area contributed by atoms with Gasteiger partial charge in [0.1, 0.15) is 6.29 Å². The molecule has 1 rings (SSSR count). The van der Waals surface area contributed by atoms with Gasteiger partial charge in [0.25, 0.3) is 0 Å². The molecule has 100 valence electrons. The Labute approximate surface area is 108 Å². The van der Waals surface area contributed by atoms with Gasteiger partial charge in [0.2, 0.25) is 0 Å². The third-order valence-corrected chi connectivity index (χ3v) is 2.63. The minimum absolute atomic E-state index is 0.252. The molecule has 0 bridgehead atoms. The Morgan fingerprint density at radius 1 is 1.17 bits per heavy atom. The van der Waals surface area contributed by atoms with Crippen LogP contribution < -0.4 is 9.47 Å². The third kappa shape index (κ3) is 4.75.